The maximum Gasteiger partial charge on any atom is 0.140 e. The molecule has 0 N–H and O–H groups in total. The maximum atomic E-state index is 11.8. The van der Waals surface area contributed by atoms with E-state index in [0.717, 1.165) is 18.6 Å². The Morgan fingerprint density at radius 3 is 2.50 bits per heavy atom. The van der Waals surface area contributed by atoms with Crippen molar-refractivity contribution in [1.29, 1.82) is 0 Å². The molecule has 2 heteroatoms. The molecule has 12 heavy (non-hydrogen) atoms. The molecule has 2 aliphatic carbocycles. The Morgan fingerprint density at radius 1 is 1.58 bits per heavy atom. The van der Waals surface area contributed by atoms with Gasteiger partial charge in [-0.3, -0.25) is 4.79 Å². The molecule has 1 unspecified atom stereocenters. The van der Waals surface area contributed by atoms with Crippen molar-refractivity contribution in [2.24, 2.45) is 16.7 Å². The number of ketones is 1. The topological polar surface area (TPSA) is 17.1 Å². The molecule has 2 atom stereocenters. The zero-order chi connectivity index (χ0) is 8.98. The standard InChI is InChI=1S/C10H16OS/c1-9(2)7-3-4-10(9,6-12)8(11)5-7/h7,12H,3-6H2,1-2H3/t7?,10-/m0/s1. The highest BCUT2D eigenvalue weighted by Crippen LogP contribution is 2.64. The van der Waals surface area contributed by atoms with E-state index in [2.05, 4.69) is 26.5 Å². The molecule has 2 aliphatic rings. The first-order chi connectivity index (χ1) is 5.54. The van der Waals surface area contributed by atoms with E-state index in [1.807, 2.05) is 0 Å². The molecule has 0 aromatic heterocycles. The van der Waals surface area contributed by atoms with E-state index >= 15 is 0 Å². The lowest BCUT2D eigenvalue weighted by Crippen LogP contribution is -2.37. The monoisotopic (exact) mass is 184 g/mol. The molecule has 0 aromatic carbocycles. The van der Waals surface area contributed by atoms with Crippen LogP contribution in [0.25, 0.3) is 0 Å². The lowest BCUT2D eigenvalue weighted by atomic mass is 9.70. The highest BCUT2D eigenvalue weighted by molar-refractivity contribution is 7.80. The van der Waals surface area contributed by atoms with Crippen LogP contribution in [-0.2, 0) is 4.79 Å². The summed E-state index contributed by atoms with van der Waals surface area (Å²) in [6, 6.07) is 0. The maximum absolute atomic E-state index is 11.8. The number of hydrogen-bond acceptors (Lipinski definition) is 2. The molecule has 0 spiro atoms. The number of Topliss-reactive ketones (excluding diaryl/α,β-unsaturated/α-hetero) is 1. The molecule has 0 saturated heterocycles. The highest BCUT2D eigenvalue weighted by atomic mass is 32.1. The van der Waals surface area contributed by atoms with Crippen LogP contribution in [0.15, 0.2) is 0 Å². The average molecular weight is 184 g/mol. The van der Waals surface area contributed by atoms with Gasteiger partial charge in [-0.25, -0.2) is 0 Å². The van der Waals surface area contributed by atoms with E-state index in [1.54, 1.807) is 0 Å². The van der Waals surface area contributed by atoms with Gasteiger partial charge in [-0.1, -0.05) is 13.8 Å². The zero-order valence-electron chi connectivity index (χ0n) is 7.76. The van der Waals surface area contributed by atoms with Crippen LogP contribution in [0.3, 0.4) is 0 Å². The number of rotatable bonds is 1. The first-order valence-electron chi connectivity index (χ1n) is 4.69. The third kappa shape index (κ3) is 0.704. The van der Waals surface area contributed by atoms with E-state index in [4.69, 9.17) is 0 Å². The molecule has 0 amide bonds. The quantitative estimate of drug-likeness (QED) is 0.619. The Morgan fingerprint density at radius 2 is 2.25 bits per heavy atom. The molecule has 68 valence electrons. The van der Waals surface area contributed by atoms with Crippen molar-refractivity contribution >= 4 is 18.4 Å². The molecule has 0 heterocycles. The van der Waals surface area contributed by atoms with Crippen molar-refractivity contribution in [3.8, 4) is 0 Å². The first kappa shape index (κ1) is 8.61. The summed E-state index contributed by atoms with van der Waals surface area (Å²) in [7, 11) is 0. The Bertz CT molecular complexity index is 234. The van der Waals surface area contributed by atoms with Crippen molar-refractivity contribution in [2.75, 3.05) is 5.75 Å². The van der Waals surface area contributed by atoms with E-state index in [9.17, 15) is 4.79 Å². The van der Waals surface area contributed by atoms with Gasteiger partial charge in [0.25, 0.3) is 0 Å². The fraction of sp³-hybridized carbons (Fsp3) is 0.900. The fourth-order valence-electron chi connectivity index (χ4n) is 3.14. The minimum absolute atomic E-state index is 0.0687. The van der Waals surface area contributed by atoms with Crippen LogP contribution in [0.2, 0.25) is 0 Å². The second kappa shape index (κ2) is 2.28. The smallest absolute Gasteiger partial charge is 0.140 e. The van der Waals surface area contributed by atoms with Crippen LogP contribution in [0.1, 0.15) is 33.1 Å². The van der Waals surface area contributed by atoms with Crippen molar-refractivity contribution in [1.82, 2.24) is 0 Å². The average Bonchev–Trinajstić information content (AvgIpc) is 2.36. The van der Waals surface area contributed by atoms with Crippen molar-refractivity contribution < 1.29 is 4.79 Å². The van der Waals surface area contributed by atoms with E-state index in [-0.39, 0.29) is 10.8 Å². The number of thiol groups is 1. The molecule has 0 aliphatic heterocycles. The minimum atomic E-state index is -0.0687. The third-order valence-electron chi connectivity index (χ3n) is 4.41. The zero-order valence-corrected chi connectivity index (χ0v) is 8.66. The summed E-state index contributed by atoms with van der Waals surface area (Å²) in [4.78, 5) is 11.8. The Labute approximate surface area is 79.3 Å². The van der Waals surface area contributed by atoms with Gasteiger partial charge in [0, 0.05) is 17.6 Å². The first-order valence-corrected chi connectivity index (χ1v) is 5.32. The molecule has 2 rings (SSSR count). The molecular formula is C10H16OS. The summed E-state index contributed by atoms with van der Waals surface area (Å²) in [6.45, 7) is 4.48. The van der Waals surface area contributed by atoms with Crippen LogP contribution in [0.5, 0.6) is 0 Å². The van der Waals surface area contributed by atoms with Gasteiger partial charge in [0.1, 0.15) is 5.78 Å². The van der Waals surface area contributed by atoms with Gasteiger partial charge in [-0.15, -0.1) is 0 Å². The molecule has 2 bridgehead atoms. The fourth-order valence-corrected chi connectivity index (χ4v) is 3.88. The van der Waals surface area contributed by atoms with E-state index in [1.165, 1.54) is 6.42 Å². The van der Waals surface area contributed by atoms with Gasteiger partial charge in [0.15, 0.2) is 0 Å². The van der Waals surface area contributed by atoms with Crippen molar-refractivity contribution in [2.45, 2.75) is 33.1 Å². The lowest BCUT2D eigenvalue weighted by Gasteiger charge is -2.34. The van der Waals surface area contributed by atoms with Gasteiger partial charge in [-0.2, -0.15) is 12.6 Å². The minimum Gasteiger partial charge on any atom is -0.299 e. The van der Waals surface area contributed by atoms with Crippen molar-refractivity contribution in [3.05, 3.63) is 0 Å². The van der Waals surface area contributed by atoms with Crippen molar-refractivity contribution in [3.63, 3.8) is 0 Å². The molecule has 0 radical (unpaired) electrons. The summed E-state index contributed by atoms with van der Waals surface area (Å²) in [5.41, 5.74) is 0.145. The van der Waals surface area contributed by atoms with Crippen LogP contribution in [0, 0.1) is 16.7 Å². The third-order valence-corrected chi connectivity index (χ3v) is 4.95. The van der Waals surface area contributed by atoms with Gasteiger partial charge < -0.3 is 0 Å². The molecule has 1 nitrogen and oxygen atoms in total. The summed E-state index contributed by atoms with van der Waals surface area (Å²) in [6.07, 6.45) is 3.12. The summed E-state index contributed by atoms with van der Waals surface area (Å²) in [5, 5.41) is 0. The predicted molar refractivity (Wildman–Crippen MR) is 52.4 cm³/mol. The SMILES string of the molecule is CC1(C)C2CC[C@]1(CS)C(=O)C2. The summed E-state index contributed by atoms with van der Waals surface area (Å²) >= 11 is 4.36. The van der Waals surface area contributed by atoms with Gasteiger partial charge in [0.2, 0.25) is 0 Å². The van der Waals surface area contributed by atoms with Gasteiger partial charge in [-0.05, 0) is 24.2 Å². The van der Waals surface area contributed by atoms with E-state index < -0.39 is 0 Å². The lowest BCUT2D eigenvalue weighted by molar-refractivity contribution is -0.127. The van der Waals surface area contributed by atoms with Crippen LogP contribution >= 0.6 is 12.6 Å². The molecule has 2 saturated carbocycles. The summed E-state index contributed by atoms with van der Waals surface area (Å²) in [5.74, 6) is 1.85. The highest BCUT2D eigenvalue weighted by Gasteiger charge is 2.63. The second-order valence-electron chi connectivity index (χ2n) is 4.82. The van der Waals surface area contributed by atoms with Gasteiger partial charge in [0.05, 0.1) is 0 Å². The van der Waals surface area contributed by atoms with Crippen LogP contribution in [0.4, 0.5) is 0 Å². The predicted octanol–water partition coefficient (Wildman–Crippen LogP) is 2.31. The Kier molecular flexibility index (Phi) is 1.64. The Hall–Kier alpha value is 0.0200. The molecule has 2 fully saturated rings. The van der Waals surface area contributed by atoms with E-state index in [0.29, 0.717) is 11.7 Å². The van der Waals surface area contributed by atoms with Crippen LogP contribution < -0.4 is 0 Å². The normalized spacial score (nSPS) is 43.9. The number of carbonyl (C=O) groups is 1. The number of carbonyl (C=O) groups excluding carboxylic acids is 1. The summed E-state index contributed by atoms with van der Waals surface area (Å²) < 4.78 is 0. The molecule has 0 aromatic rings. The van der Waals surface area contributed by atoms with Gasteiger partial charge >= 0.3 is 0 Å². The molecular weight excluding hydrogens is 168 g/mol. The number of hydrogen-bond donors (Lipinski definition) is 1. The largest absolute Gasteiger partial charge is 0.299 e. The second-order valence-corrected chi connectivity index (χ2v) is 5.14. The van der Waals surface area contributed by atoms with Crippen LogP contribution in [-0.4, -0.2) is 11.5 Å². The Balaban J connectivity index is 2.46. The number of fused-ring (bicyclic) bond motifs is 2.